The first-order valence-electron chi connectivity index (χ1n) is 8.34. The predicted octanol–water partition coefficient (Wildman–Crippen LogP) is 2.34. The average molecular weight is 341 g/mol. The lowest BCUT2D eigenvalue weighted by Crippen LogP contribution is -2.37. The van der Waals surface area contributed by atoms with Gasteiger partial charge in [-0.2, -0.15) is 4.98 Å². The maximum Gasteiger partial charge on any atom is 0.358 e. The fraction of sp³-hybridized carbons (Fsp3) is 0.412. The molecule has 0 radical (unpaired) electrons. The molecule has 0 spiro atoms. The van der Waals surface area contributed by atoms with Crippen molar-refractivity contribution in [3.05, 3.63) is 35.7 Å². The van der Waals surface area contributed by atoms with E-state index in [9.17, 15) is 4.79 Å². The highest BCUT2D eigenvalue weighted by Gasteiger charge is 2.24. The third-order valence-electron chi connectivity index (χ3n) is 4.52. The Hall–Kier alpha value is -2.90. The molecule has 8 heteroatoms. The molecule has 3 heterocycles. The Balaban J connectivity index is 1.48. The number of carbonyl (C=O) groups is 1. The van der Waals surface area contributed by atoms with Crippen molar-refractivity contribution in [3.63, 3.8) is 0 Å². The van der Waals surface area contributed by atoms with Crippen LogP contribution in [0.4, 0.5) is 6.01 Å². The van der Waals surface area contributed by atoms with Crippen molar-refractivity contribution in [2.45, 2.75) is 26.3 Å². The summed E-state index contributed by atoms with van der Waals surface area (Å²) in [5.41, 5.74) is 2.80. The van der Waals surface area contributed by atoms with Gasteiger partial charge in [0.15, 0.2) is 11.3 Å². The number of carboxylic acid groups (broad SMARTS) is 1. The van der Waals surface area contributed by atoms with Gasteiger partial charge in [-0.3, -0.25) is 4.68 Å². The standard InChI is InChI=1S/C17H19N5O3/c1-11-4-5-15-13(7-11)18-17(25-15)21-6-2-3-12(8-21)9-22-10-14(16(23)24)19-20-22/h4-5,7,10,12H,2-3,6,8-9H2,1H3,(H,23,24)/t12-/m1/s1. The van der Waals surface area contributed by atoms with Gasteiger partial charge >= 0.3 is 5.97 Å². The number of aromatic carboxylic acids is 1. The van der Waals surface area contributed by atoms with Gasteiger partial charge in [-0.05, 0) is 43.4 Å². The minimum Gasteiger partial charge on any atom is -0.476 e. The minimum atomic E-state index is -1.06. The molecule has 0 aliphatic carbocycles. The van der Waals surface area contributed by atoms with Crippen LogP contribution in [-0.4, -0.2) is 44.1 Å². The lowest BCUT2D eigenvalue weighted by Gasteiger charge is -2.31. The lowest BCUT2D eigenvalue weighted by atomic mass is 9.98. The summed E-state index contributed by atoms with van der Waals surface area (Å²) in [6.45, 7) is 4.37. The zero-order valence-electron chi connectivity index (χ0n) is 13.9. The molecule has 0 saturated carbocycles. The fourth-order valence-corrected chi connectivity index (χ4v) is 3.30. The molecule has 1 aromatic carbocycles. The monoisotopic (exact) mass is 341 g/mol. The normalized spacial score (nSPS) is 18.0. The number of hydrogen-bond donors (Lipinski definition) is 1. The first-order valence-corrected chi connectivity index (χ1v) is 8.34. The topological polar surface area (TPSA) is 97.3 Å². The zero-order valence-corrected chi connectivity index (χ0v) is 13.9. The molecule has 0 unspecified atom stereocenters. The second kappa shape index (κ2) is 6.19. The van der Waals surface area contributed by atoms with Crippen LogP contribution in [0.1, 0.15) is 28.9 Å². The van der Waals surface area contributed by atoms with Gasteiger partial charge in [-0.1, -0.05) is 11.3 Å². The van der Waals surface area contributed by atoms with E-state index < -0.39 is 5.97 Å². The molecule has 1 fully saturated rings. The van der Waals surface area contributed by atoms with Crippen LogP contribution in [0.3, 0.4) is 0 Å². The molecule has 1 aliphatic rings. The first-order chi connectivity index (χ1) is 12.1. The smallest absolute Gasteiger partial charge is 0.358 e. The van der Waals surface area contributed by atoms with Crippen LogP contribution in [-0.2, 0) is 6.54 Å². The van der Waals surface area contributed by atoms with E-state index in [1.807, 2.05) is 25.1 Å². The molecule has 1 atom stereocenters. The third-order valence-corrected chi connectivity index (χ3v) is 4.52. The number of oxazole rings is 1. The van der Waals surface area contributed by atoms with Crippen molar-refractivity contribution < 1.29 is 14.3 Å². The molecule has 3 aromatic rings. The Labute approximate surface area is 144 Å². The molecule has 4 rings (SSSR count). The zero-order chi connectivity index (χ0) is 17.4. The molecule has 8 nitrogen and oxygen atoms in total. The van der Waals surface area contributed by atoms with Gasteiger partial charge in [0.2, 0.25) is 0 Å². The summed E-state index contributed by atoms with van der Waals surface area (Å²) in [6.07, 6.45) is 3.56. The van der Waals surface area contributed by atoms with E-state index in [0.29, 0.717) is 18.5 Å². The Kier molecular flexibility index (Phi) is 3.87. The molecular weight excluding hydrogens is 322 g/mol. The molecule has 0 amide bonds. The quantitative estimate of drug-likeness (QED) is 0.778. The van der Waals surface area contributed by atoms with Crippen LogP contribution in [0.5, 0.6) is 0 Å². The molecule has 1 saturated heterocycles. The van der Waals surface area contributed by atoms with Crippen molar-refractivity contribution >= 4 is 23.1 Å². The molecule has 2 aromatic heterocycles. The van der Waals surface area contributed by atoms with E-state index in [1.165, 1.54) is 6.20 Å². The van der Waals surface area contributed by atoms with Gasteiger partial charge < -0.3 is 14.4 Å². The van der Waals surface area contributed by atoms with E-state index in [-0.39, 0.29) is 5.69 Å². The van der Waals surface area contributed by atoms with Gasteiger partial charge in [0.05, 0.1) is 6.20 Å². The number of anilines is 1. The van der Waals surface area contributed by atoms with Crippen molar-refractivity contribution in [2.24, 2.45) is 5.92 Å². The Bertz CT molecular complexity index is 916. The lowest BCUT2D eigenvalue weighted by molar-refractivity contribution is 0.0690. The van der Waals surface area contributed by atoms with Gasteiger partial charge in [0, 0.05) is 19.6 Å². The van der Waals surface area contributed by atoms with Crippen LogP contribution in [0.25, 0.3) is 11.1 Å². The Morgan fingerprint density at radius 2 is 2.32 bits per heavy atom. The van der Waals surface area contributed by atoms with Gasteiger partial charge in [0.25, 0.3) is 6.01 Å². The number of rotatable bonds is 4. The average Bonchev–Trinajstić information content (AvgIpc) is 3.21. The number of carboxylic acids is 1. The number of fused-ring (bicyclic) bond motifs is 1. The number of nitrogens with zero attached hydrogens (tertiary/aromatic N) is 5. The number of aromatic nitrogens is 4. The van der Waals surface area contributed by atoms with E-state index in [2.05, 4.69) is 20.2 Å². The van der Waals surface area contributed by atoms with E-state index in [0.717, 1.165) is 42.6 Å². The highest BCUT2D eigenvalue weighted by Crippen LogP contribution is 2.27. The highest BCUT2D eigenvalue weighted by atomic mass is 16.4. The molecule has 1 aliphatic heterocycles. The van der Waals surface area contributed by atoms with Crippen LogP contribution < -0.4 is 4.90 Å². The SMILES string of the molecule is Cc1ccc2oc(N3CCC[C@@H](Cn4cc(C(=O)O)nn4)C3)nc2c1. The summed E-state index contributed by atoms with van der Waals surface area (Å²) < 4.78 is 7.50. The first kappa shape index (κ1) is 15.6. The van der Waals surface area contributed by atoms with Crippen molar-refractivity contribution in [1.29, 1.82) is 0 Å². The maximum absolute atomic E-state index is 10.9. The largest absolute Gasteiger partial charge is 0.476 e. The van der Waals surface area contributed by atoms with E-state index in [4.69, 9.17) is 9.52 Å². The van der Waals surface area contributed by atoms with Gasteiger partial charge in [-0.15, -0.1) is 5.10 Å². The maximum atomic E-state index is 10.9. The summed E-state index contributed by atoms with van der Waals surface area (Å²) in [6, 6.07) is 6.63. The summed E-state index contributed by atoms with van der Waals surface area (Å²) in [5, 5.41) is 16.5. The second-order valence-corrected chi connectivity index (χ2v) is 6.55. The Morgan fingerprint density at radius 3 is 3.12 bits per heavy atom. The fourth-order valence-electron chi connectivity index (χ4n) is 3.30. The number of benzene rings is 1. The van der Waals surface area contributed by atoms with Crippen LogP contribution in [0.2, 0.25) is 0 Å². The predicted molar refractivity (Wildman–Crippen MR) is 90.7 cm³/mol. The van der Waals surface area contributed by atoms with E-state index >= 15 is 0 Å². The molecule has 0 bridgehead atoms. The summed E-state index contributed by atoms with van der Waals surface area (Å²) in [5.74, 6) is -0.716. The Morgan fingerprint density at radius 1 is 1.44 bits per heavy atom. The minimum absolute atomic E-state index is 0.0259. The highest BCUT2D eigenvalue weighted by molar-refractivity contribution is 5.84. The summed E-state index contributed by atoms with van der Waals surface area (Å²) in [4.78, 5) is 17.7. The molecular formula is C17H19N5O3. The summed E-state index contributed by atoms with van der Waals surface area (Å²) >= 11 is 0. The van der Waals surface area contributed by atoms with Crippen molar-refractivity contribution in [2.75, 3.05) is 18.0 Å². The summed E-state index contributed by atoms with van der Waals surface area (Å²) in [7, 11) is 0. The van der Waals surface area contributed by atoms with Crippen LogP contribution in [0, 0.1) is 12.8 Å². The number of piperidine rings is 1. The van der Waals surface area contributed by atoms with Crippen LogP contribution >= 0.6 is 0 Å². The van der Waals surface area contributed by atoms with Crippen molar-refractivity contribution in [1.82, 2.24) is 20.0 Å². The van der Waals surface area contributed by atoms with E-state index in [1.54, 1.807) is 4.68 Å². The molecule has 1 N–H and O–H groups in total. The second-order valence-electron chi connectivity index (χ2n) is 6.55. The molecule has 25 heavy (non-hydrogen) atoms. The number of hydrogen-bond acceptors (Lipinski definition) is 6. The van der Waals surface area contributed by atoms with Crippen molar-refractivity contribution in [3.8, 4) is 0 Å². The van der Waals surface area contributed by atoms with Gasteiger partial charge in [-0.25, -0.2) is 4.79 Å². The van der Waals surface area contributed by atoms with Crippen LogP contribution in [0.15, 0.2) is 28.8 Å². The third kappa shape index (κ3) is 3.19. The molecule has 130 valence electrons. The van der Waals surface area contributed by atoms with Gasteiger partial charge in [0.1, 0.15) is 5.52 Å². The number of aryl methyl sites for hydroxylation is 1.